The largest absolute Gasteiger partial charge is 0.365 e. The lowest BCUT2D eigenvalue weighted by molar-refractivity contribution is 0.0690. The SMILES string of the molecule is CC1=CC2(CCN(C(=O)c3cnc4c(C(=O)NS(C)(=O)=O)cnn4c3NCc3ccccc3)CC2)c2ccccc21. The van der Waals surface area contributed by atoms with Gasteiger partial charge in [-0.25, -0.2) is 18.1 Å². The van der Waals surface area contributed by atoms with Gasteiger partial charge in [0.2, 0.25) is 10.0 Å². The van der Waals surface area contributed by atoms with Crippen molar-refractivity contribution in [3.05, 3.63) is 101 Å². The summed E-state index contributed by atoms with van der Waals surface area (Å²) >= 11 is 0. The van der Waals surface area contributed by atoms with Gasteiger partial charge in [-0.3, -0.25) is 9.59 Å². The van der Waals surface area contributed by atoms with Gasteiger partial charge in [-0.2, -0.15) is 9.61 Å². The van der Waals surface area contributed by atoms with Crippen LogP contribution in [0.2, 0.25) is 0 Å². The van der Waals surface area contributed by atoms with Crippen LogP contribution in [-0.4, -0.2) is 59.1 Å². The summed E-state index contributed by atoms with van der Waals surface area (Å²) in [5, 5.41) is 7.63. The molecule has 2 aromatic heterocycles. The van der Waals surface area contributed by atoms with Gasteiger partial charge in [0.05, 0.1) is 12.5 Å². The Hall–Kier alpha value is -4.51. The Morgan fingerprint density at radius 3 is 2.41 bits per heavy atom. The van der Waals surface area contributed by atoms with Gasteiger partial charge in [-0.15, -0.1) is 0 Å². The second-order valence-corrected chi connectivity index (χ2v) is 12.4. The van der Waals surface area contributed by atoms with Crippen LogP contribution >= 0.6 is 0 Å². The zero-order chi connectivity index (χ0) is 28.8. The quantitative estimate of drug-likeness (QED) is 0.363. The Kier molecular flexibility index (Phi) is 6.61. The number of rotatable bonds is 6. The molecule has 2 N–H and O–H groups in total. The van der Waals surface area contributed by atoms with Gasteiger partial charge in [0.15, 0.2) is 5.65 Å². The molecule has 0 bridgehead atoms. The van der Waals surface area contributed by atoms with E-state index in [1.54, 1.807) is 0 Å². The van der Waals surface area contributed by atoms with E-state index in [2.05, 4.69) is 52.7 Å². The summed E-state index contributed by atoms with van der Waals surface area (Å²) in [6, 6.07) is 18.2. The maximum atomic E-state index is 13.9. The summed E-state index contributed by atoms with van der Waals surface area (Å²) in [7, 11) is -3.79. The molecule has 2 aromatic carbocycles. The minimum Gasteiger partial charge on any atom is -0.365 e. The molecule has 1 spiro atoms. The molecule has 4 aromatic rings. The molecular formula is C30H30N6O4S. The Morgan fingerprint density at radius 2 is 1.68 bits per heavy atom. The summed E-state index contributed by atoms with van der Waals surface area (Å²) in [4.78, 5) is 32.8. The molecule has 1 fully saturated rings. The highest BCUT2D eigenvalue weighted by Gasteiger charge is 2.41. The van der Waals surface area contributed by atoms with Crippen molar-refractivity contribution in [2.45, 2.75) is 31.7 Å². The fraction of sp³-hybridized carbons (Fsp3) is 0.267. The number of sulfonamides is 1. The molecule has 6 rings (SSSR count). The maximum absolute atomic E-state index is 13.9. The summed E-state index contributed by atoms with van der Waals surface area (Å²) in [6.07, 6.45) is 7.57. The van der Waals surface area contributed by atoms with E-state index in [4.69, 9.17) is 0 Å². The minimum absolute atomic E-state index is 0.0147. The average molecular weight is 571 g/mol. The zero-order valence-electron chi connectivity index (χ0n) is 22.8. The van der Waals surface area contributed by atoms with Crippen LogP contribution in [-0.2, 0) is 22.0 Å². The molecule has 2 amide bonds. The number of nitrogens with one attached hydrogen (secondary N) is 2. The highest BCUT2D eigenvalue weighted by Crippen LogP contribution is 2.47. The van der Waals surface area contributed by atoms with Crippen molar-refractivity contribution in [3.63, 3.8) is 0 Å². The molecule has 1 aliphatic carbocycles. The number of likely N-dealkylation sites (tertiary alicyclic amines) is 1. The van der Waals surface area contributed by atoms with Crippen LogP contribution in [0.4, 0.5) is 5.82 Å². The first-order valence-corrected chi connectivity index (χ1v) is 15.3. The first kappa shape index (κ1) is 26.7. The molecule has 0 atom stereocenters. The van der Waals surface area contributed by atoms with Gasteiger partial charge in [0.25, 0.3) is 11.8 Å². The predicted octanol–water partition coefficient (Wildman–Crippen LogP) is 3.62. The molecule has 2 aliphatic rings. The fourth-order valence-corrected chi connectivity index (χ4v) is 6.39. The van der Waals surface area contributed by atoms with Crippen LogP contribution in [0.3, 0.4) is 0 Å². The number of hydrogen-bond acceptors (Lipinski definition) is 7. The number of allylic oxidation sites excluding steroid dienone is 2. The van der Waals surface area contributed by atoms with Crippen molar-refractivity contribution in [1.29, 1.82) is 0 Å². The first-order valence-electron chi connectivity index (χ1n) is 13.4. The second-order valence-electron chi connectivity index (χ2n) is 10.7. The predicted molar refractivity (Wildman–Crippen MR) is 156 cm³/mol. The topological polar surface area (TPSA) is 126 Å². The highest BCUT2D eigenvalue weighted by atomic mass is 32.2. The van der Waals surface area contributed by atoms with E-state index in [1.165, 1.54) is 33.6 Å². The number of carbonyl (C=O) groups is 2. The van der Waals surface area contributed by atoms with Crippen LogP contribution in [0.25, 0.3) is 11.2 Å². The van der Waals surface area contributed by atoms with E-state index >= 15 is 0 Å². The third-order valence-corrected chi connectivity index (χ3v) is 8.46. The van der Waals surface area contributed by atoms with Crippen LogP contribution in [0.1, 0.15) is 57.2 Å². The Morgan fingerprint density at radius 1 is 0.976 bits per heavy atom. The second kappa shape index (κ2) is 10.2. The summed E-state index contributed by atoms with van der Waals surface area (Å²) in [6.45, 7) is 3.70. The minimum atomic E-state index is -3.79. The van der Waals surface area contributed by atoms with Crippen molar-refractivity contribution < 1.29 is 18.0 Å². The van der Waals surface area contributed by atoms with E-state index in [9.17, 15) is 18.0 Å². The van der Waals surface area contributed by atoms with Gasteiger partial charge in [0, 0.05) is 31.2 Å². The standard InChI is InChI=1S/C30H30N6O4S/c1-20-16-30(25-11-7-6-10-22(20)25)12-14-35(15-13-30)29(38)24-18-32-26-23(28(37)34-41(2,39)40)19-33-36(26)27(24)31-17-21-8-4-3-5-9-21/h3-11,16,18-19,31H,12-15,17H2,1-2H3,(H,34,37). The van der Waals surface area contributed by atoms with Crippen LogP contribution in [0, 0.1) is 0 Å². The van der Waals surface area contributed by atoms with E-state index in [0.29, 0.717) is 31.0 Å². The van der Waals surface area contributed by atoms with Gasteiger partial charge in [0.1, 0.15) is 16.9 Å². The summed E-state index contributed by atoms with van der Waals surface area (Å²) in [5.74, 6) is -0.650. The third-order valence-electron chi connectivity index (χ3n) is 7.91. The smallest absolute Gasteiger partial charge is 0.270 e. The summed E-state index contributed by atoms with van der Waals surface area (Å²) in [5.41, 5.74) is 5.24. The number of fused-ring (bicyclic) bond motifs is 3. The number of aromatic nitrogens is 3. The Bertz CT molecular complexity index is 1810. The van der Waals surface area contributed by atoms with Crippen LogP contribution in [0.15, 0.2) is 73.1 Å². The van der Waals surface area contributed by atoms with Crippen molar-refractivity contribution >= 4 is 38.9 Å². The molecule has 41 heavy (non-hydrogen) atoms. The van der Waals surface area contributed by atoms with E-state index in [0.717, 1.165) is 24.7 Å². The molecule has 1 aliphatic heterocycles. The van der Waals surface area contributed by atoms with Gasteiger partial charge in [-0.05, 0) is 42.0 Å². The van der Waals surface area contributed by atoms with Crippen LogP contribution < -0.4 is 10.0 Å². The lowest BCUT2D eigenvalue weighted by Gasteiger charge is -2.39. The van der Waals surface area contributed by atoms with Crippen molar-refractivity contribution in [3.8, 4) is 0 Å². The van der Waals surface area contributed by atoms with E-state index in [-0.39, 0.29) is 22.5 Å². The van der Waals surface area contributed by atoms with Crippen molar-refractivity contribution in [2.75, 3.05) is 24.7 Å². The number of piperidine rings is 1. The number of benzene rings is 2. The molecule has 0 saturated carbocycles. The number of carbonyl (C=O) groups excluding carboxylic acids is 2. The molecule has 1 saturated heterocycles. The van der Waals surface area contributed by atoms with E-state index < -0.39 is 15.9 Å². The molecular weight excluding hydrogens is 540 g/mol. The third kappa shape index (κ3) is 4.97. The normalized spacial score (nSPS) is 16.0. The van der Waals surface area contributed by atoms with Crippen LogP contribution in [0.5, 0.6) is 0 Å². The number of nitrogens with zero attached hydrogens (tertiary/aromatic N) is 4. The average Bonchev–Trinajstić information content (AvgIpc) is 3.51. The first-order chi connectivity index (χ1) is 19.7. The highest BCUT2D eigenvalue weighted by molar-refractivity contribution is 7.89. The molecule has 3 heterocycles. The monoisotopic (exact) mass is 570 g/mol. The fourth-order valence-electron chi connectivity index (χ4n) is 5.95. The van der Waals surface area contributed by atoms with Gasteiger partial charge in [-0.1, -0.05) is 60.7 Å². The van der Waals surface area contributed by atoms with Crippen molar-refractivity contribution in [2.24, 2.45) is 0 Å². The number of hydrogen-bond donors (Lipinski definition) is 2. The van der Waals surface area contributed by atoms with Gasteiger partial charge >= 0.3 is 0 Å². The molecule has 0 unspecified atom stereocenters. The zero-order valence-corrected chi connectivity index (χ0v) is 23.6. The van der Waals surface area contributed by atoms with Crippen molar-refractivity contribution in [1.82, 2.24) is 24.2 Å². The maximum Gasteiger partial charge on any atom is 0.270 e. The molecule has 0 radical (unpaired) electrons. The summed E-state index contributed by atoms with van der Waals surface area (Å²) < 4.78 is 26.6. The molecule has 10 nitrogen and oxygen atoms in total. The molecule has 11 heteroatoms. The number of amides is 2. The van der Waals surface area contributed by atoms with E-state index in [1.807, 2.05) is 40.0 Å². The lowest BCUT2D eigenvalue weighted by Crippen LogP contribution is -2.44. The Labute approximate surface area is 238 Å². The lowest BCUT2D eigenvalue weighted by atomic mass is 9.74. The van der Waals surface area contributed by atoms with Gasteiger partial charge < -0.3 is 10.2 Å². The number of anilines is 1. The molecule has 210 valence electrons. The Balaban J connectivity index is 1.31.